The molecule has 0 N–H and O–H groups in total. The molecule has 5 heteroatoms. The quantitative estimate of drug-likeness (QED) is 0.721. The minimum atomic E-state index is -0.225. The van der Waals surface area contributed by atoms with Crippen molar-refractivity contribution in [1.82, 2.24) is 9.78 Å². The van der Waals surface area contributed by atoms with Crippen LogP contribution in [0.1, 0.15) is 29.8 Å². The molecule has 0 saturated heterocycles. The third-order valence-electron chi connectivity index (χ3n) is 3.47. The lowest BCUT2D eigenvalue weighted by Gasteiger charge is -2.15. The Balaban J connectivity index is 2.26. The van der Waals surface area contributed by atoms with Crippen molar-refractivity contribution in [3.8, 4) is 0 Å². The predicted molar refractivity (Wildman–Crippen MR) is 83.9 cm³/mol. The first kappa shape index (κ1) is 15.5. The first-order valence-electron chi connectivity index (χ1n) is 6.58. The van der Waals surface area contributed by atoms with Gasteiger partial charge in [0.15, 0.2) is 0 Å². The van der Waals surface area contributed by atoms with Gasteiger partial charge in [-0.05, 0) is 46.5 Å². The molecule has 0 saturated carbocycles. The van der Waals surface area contributed by atoms with Crippen LogP contribution in [0.2, 0.25) is 0 Å². The number of rotatable bonds is 5. The second-order valence-corrected chi connectivity index (χ2v) is 5.89. The Morgan fingerprint density at radius 3 is 2.50 bits per heavy atom. The zero-order valence-corrected chi connectivity index (χ0v) is 13.9. The SMILES string of the molecule is CCc1nn(C)c(CC(CCl)c2ccc(F)cc2)c1Br. The topological polar surface area (TPSA) is 17.8 Å². The van der Waals surface area contributed by atoms with Crippen LogP contribution in [-0.4, -0.2) is 15.7 Å². The molecule has 20 heavy (non-hydrogen) atoms. The molecule has 0 radical (unpaired) electrons. The van der Waals surface area contributed by atoms with Gasteiger partial charge < -0.3 is 0 Å². The molecule has 0 spiro atoms. The molecular formula is C15H17BrClFN2. The molecule has 2 rings (SSSR count). The van der Waals surface area contributed by atoms with E-state index in [2.05, 4.69) is 28.0 Å². The van der Waals surface area contributed by atoms with Crippen LogP contribution >= 0.6 is 27.5 Å². The molecule has 1 unspecified atom stereocenters. The summed E-state index contributed by atoms with van der Waals surface area (Å²) in [6.45, 7) is 2.08. The standard InChI is InChI=1S/C15H17BrClFN2/c1-3-13-15(16)14(20(2)19-13)8-11(9-17)10-4-6-12(18)7-5-10/h4-7,11H,3,8-9H2,1-2H3. The van der Waals surface area contributed by atoms with Gasteiger partial charge in [0, 0.05) is 18.8 Å². The van der Waals surface area contributed by atoms with Crippen LogP contribution in [0.3, 0.4) is 0 Å². The maximum Gasteiger partial charge on any atom is 0.123 e. The van der Waals surface area contributed by atoms with E-state index >= 15 is 0 Å². The summed E-state index contributed by atoms with van der Waals surface area (Å²) in [5, 5.41) is 4.49. The normalized spacial score (nSPS) is 12.7. The number of benzene rings is 1. The number of halogens is 3. The summed E-state index contributed by atoms with van der Waals surface area (Å²) >= 11 is 9.72. The molecule has 0 aliphatic rings. The molecule has 0 amide bonds. The second-order valence-electron chi connectivity index (χ2n) is 4.79. The highest BCUT2D eigenvalue weighted by molar-refractivity contribution is 9.10. The minimum Gasteiger partial charge on any atom is -0.271 e. The van der Waals surface area contributed by atoms with Gasteiger partial charge in [-0.1, -0.05) is 19.1 Å². The molecule has 1 atom stereocenters. The molecule has 1 heterocycles. The Morgan fingerprint density at radius 2 is 2.00 bits per heavy atom. The number of aromatic nitrogens is 2. The van der Waals surface area contributed by atoms with E-state index in [4.69, 9.17) is 11.6 Å². The molecule has 1 aromatic heterocycles. The van der Waals surface area contributed by atoms with Gasteiger partial charge in [-0.3, -0.25) is 4.68 Å². The van der Waals surface area contributed by atoms with Crippen molar-refractivity contribution in [2.75, 3.05) is 5.88 Å². The Kier molecular flexibility index (Phi) is 5.22. The lowest BCUT2D eigenvalue weighted by molar-refractivity contribution is 0.623. The number of aryl methyl sites for hydroxylation is 2. The van der Waals surface area contributed by atoms with Gasteiger partial charge in [-0.15, -0.1) is 11.6 Å². The summed E-state index contributed by atoms with van der Waals surface area (Å²) in [6.07, 6.45) is 1.66. The van der Waals surface area contributed by atoms with E-state index < -0.39 is 0 Å². The monoisotopic (exact) mass is 358 g/mol. The average Bonchev–Trinajstić information content (AvgIpc) is 2.72. The van der Waals surface area contributed by atoms with Gasteiger partial charge >= 0.3 is 0 Å². The van der Waals surface area contributed by atoms with Crippen molar-refractivity contribution in [3.63, 3.8) is 0 Å². The van der Waals surface area contributed by atoms with E-state index in [0.717, 1.165) is 34.3 Å². The highest BCUT2D eigenvalue weighted by Crippen LogP contribution is 2.28. The first-order valence-corrected chi connectivity index (χ1v) is 7.91. The van der Waals surface area contributed by atoms with Crippen molar-refractivity contribution in [3.05, 3.63) is 51.5 Å². The van der Waals surface area contributed by atoms with Crippen LogP contribution in [0.5, 0.6) is 0 Å². The van der Waals surface area contributed by atoms with Crippen LogP contribution in [0.4, 0.5) is 4.39 Å². The van der Waals surface area contributed by atoms with E-state index in [-0.39, 0.29) is 11.7 Å². The minimum absolute atomic E-state index is 0.147. The van der Waals surface area contributed by atoms with E-state index in [1.807, 2.05) is 11.7 Å². The fourth-order valence-electron chi connectivity index (χ4n) is 2.27. The fraction of sp³-hybridized carbons (Fsp3) is 0.400. The predicted octanol–water partition coefficient (Wildman–Crippen LogP) is 4.45. The van der Waals surface area contributed by atoms with Crippen molar-refractivity contribution in [1.29, 1.82) is 0 Å². The smallest absolute Gasteiger partial charge is 0.123 e. The van der Waals surface area contributed by atoms with Gasteiger partial charge in [-0.25, -0.2) is 4.39 Å². The third-order valence-corrected chi connectivity index (χ3v) is 4.76. The number of alkyl halides is 1. The number of hydrogen-bond acceptors (Lipinski definition) is 1. The summed E-state index contributed by atoms with van der Waals surface area (Å²) in [4.78, 5) is 0. The second kappa shape index (κ2) is 6.72. The van der Waals surface area contributed by atoms with Gasteiger partial charge in [-0.2, -0.15) is 5.10 Å². The summed E-state index contributed by atoms with van der Waals surface area (Å²) < 4.78 is 16.0. The molecule has 108 valence electrons. The fourth-order valence-corrected chi connectivity index (χ4v) is 3.34. The maximum atomic E-state index is 13.0. The van der Waals surface area contributed by atoms with Crippen molar-refractivity contribution in [2.24, 2.45) is 7.05 Å². The van der Waals surface area contributed by atoms with Crippen LogP contribution in [-0.2, 0) is 19.9 Å². The third kappa shape index (κ3) is 3.23. The Morgan fingerprint density at radius 1 is 1.35 bits per heavy atom. The van der Waals surface area contributed by atoms with Crippen LogP contribution < -0.4 is 0 Å². The number of hydrogen-bond donors (Lipinski definition) is 0. The molecule has 2 aromatic rings. The highest BCUT2D eigenvalue weighted by Gasteiger charge is 2.18. The molecule has 0 fully saturated rings. The summed E-state index contributed by atoms with van der Waals surface area (Å²) in [5.41, 5.74) is 3.22. The van der Waals surface area contributed by atoms with E-state index in [1.165, 1.54) is 12.1 Å². The maximum absolute atomic E-state index is 13.0. The summed E-state index contributed by atoms with van der Waals surface area (Å²) in [7, 11) is 1.94. The molecule has 0 aliphatic heterocycles. The van der Waals surface area contributed by atoms with Crippen LogP contribution in [0, 0.1) is 5.82 Å². The summed E-state index contributed by atoms with van der Waals surface area (Å²) in [6, 6.07) is 6.55. The average molecular weight is 360 g/mol. The molecule has 1 aromatic carbocycles. The van der Waals surface area contributed by atoms with Crippen molar-refractivity contribution >= 4 is 27.5 Å². The van der Waals surface area contributed by atoms with Gasteiger partial charge in [0.25, 0.3) is 0 Å². The zero-order chi connectivity index (χ0) is 14.7. The molecule has 2 nitrogen and oxygen atoms in total. The van der Waals surface area contributed by atoms with E-state index in [9.17, 15) is 4.39 Å². The lowest BCUT2D eigenvalue weighted by atomic mass is 9.96. The Hall–Kier alpha value is -0.870. The Labute approximate surface area is 132 Å². The Bertz CT molecular complexity index is 580. The van der Waals surface area contributed by atoms with Crippen LogP contribution in [0.15, 0.2) is 28.7 Å². The van der Waals surface area contributed by atoms with Crippen LogP contribution in [0.25, 0.3) is 0 Å². The zero-order valence-electron chi connectivity index (χ0n) is 11.5. The van der Waals surface area contributed by atoms with Gasteiger partial charge in [0.2, 0.25) is 0 Å². The van der Waals surface area contributed by atoms with Crippen molar-refractivity contribution < 1.29 is 4.39 Å². The largest absolute Gasteiger partial charge is 0.271 e. The number of nitrogens with zero attached hydrogens (tertiary/aromatic N) is 2. The van der Waals surface area contributed by atoms with E-state index in [1.54, 1.807) is 12.1 Å². The van der Waals surface area contributed by atoms with Crippen molar-refractivity contribution in [2.45, 2.75) is 25.7 Å². The highest BCUT2D eigenvalue weighted by atomic mass is 79.9. The molecule has 0 aliphatic carbocycles. The first-order chi connectivity index (χ1) is 9.56. The van der Waals surface area contributed by atoms with Gasteiger partial charge in [0.1, 0.15) is 5.82 Å². The molecule has 0 bridgehead atoms. The van der Waals surface area contributed by atoms with E-state index in [0.29, 0.717) is 5.88 Å². The molecular weight excluding hydrogens is 343 g/mol. The lowest BCUT2D eigenvalue weighted by Crippen LogP contribution is -2.09. The van der Waals surface area contributed by atoms with Gasteiger partial charge in [0.05, 0.1) is 15.9 Å². The summed E-state index contributed by atoms with van der Waals surface area (Å²) in [5.74, 6) is 0.413.